The Morgan fingerprint density at radius 2 is 1.88 bits per heavy atom. The number of rotatable bonds is 6. The second kappa shape index (κ2) is 9.38. The van der Waals surface area contributed by atoms with E-state index in [-0.39, 0.29) is 19.1 Å². The van der Waals surface area contributed by atoms with E-state index in [2.05, 4.69) is 16.0 Å². The van der Waals surface area contributed by atoms with E-state index in [4.69, 9.17) is 16.3 Å². The number of urea groups is 1. The Labute approximate surface area is 195 Å². The number of allylic oxidation sites excluding steroid dienone is 1. The summed E-state index contributed by atoms with van der Waals surface area (Å²) in [6.45, 7) is 3.61. The lowest BCUT2D eigenvalue weighted by atomic mass is 9.95. The molecule has 0 bridgehead atoms. The molecule has 0 radical (unpaired) electrons. The summed E-state index contributed by atoms with van der Waals surface area (Å²) in [4.78, 5) is 38.0. The average Bonchev–Trinajstić information content (AvgIpc) is 3.18. The number of nitrogens with one attached hydrogen (secondary N) is 3. The molecule has 33 heavy (non-hydrogen) atoms. The van der Waals surface area contributed by atoms with Crippen molar-refractivity contribution in [3.63, 3.8) is 0 Å². The number of para-hydroxylation sites is 1. The predicted octanol–water partition coefficient (Wildman–Crippen LogP) is 4.24. The van der Waals surface area contributed by atoms with Crippen molar-refractivity contribution in [1.82, 2.24) is 15.2 Å². The lowest BCUT2D eigenvalue weighted by Crippen LogP contribution is -2.45. The van der Waals surface area contributed by atoms with Crippen molar-refractivity contribution in [3.05, 3.63) is 76.6 Å². The summed E-state index contributed by atoms with van der Waals surface area (Å²) in [6, 6.07) is 13.2. The standard InChI is InChI=1S/C24H23ClN4O4/c1-3-33-23(31)21-14(2)27-24(32)28-22(21)18-13-29(19-7-5-4-6-17(18)19)20(30)12-26-16-10-8-15(25)9-11-16/h4-11,13,22,26H,3,12H2,1-2H3,(H2,27,28,32). The molecular weight excluding hydrogens is 444 g/mol. The maximum Gasteiger partial charge on any atom is 0.338 e. The average molecular weight is 467 g/mol. The molecule has 1 unspecified atom stereocenters. The fourth-order valence-corrected chi connectivity index (χ4v) is 4.01. The van der Waals surface area contributed by atoms with Crippen LogP contribution < -0.4 is 16.0 Å². The molecule has 1 atom stereocenters. The lowest BCUT2D eigenvalue weighted by molar-refractivity contribution is -0.139. The Balaban J connectivity index is 1.71. The zero-order valence-electron chi connectivity index (χ0n) is 18.1. The van der Waals surface area contributed by atoms with Crippen molar-refractivity contribution >= 4 is 46.1 Å². The third-order valence-electron chi connectivity index (χ3n) is 5.37. The molecule has 8 nitrogen and oxygen atoms in total. The van der Waals surface area contributed by atoms with Crippen molar-refractivity contribution in [2.45, 2.75) is 19.9 Å². The van der Waals surface area contributed by atoms with Gasteiger partial charge in [0.05, 0.1) is 30.3 Å². The minimum Gasteiger partial charge on any atom is -0.463 e. The van der Waals surface area contributed by atoms with Crippen LogP contribution in [0.5, 0.6) is 0 Å². The van der Waals surface area contributed by atoms with Gasteiger partial charge in [0, 0.05) is 33.6 Å². The molecule has 0 saturated heterocycles. The number of amides is 2. The predicted molar refractivity (Wildman–Crippen MR) is 126 cm³/mol. The molecule has 1 aliphatic rings. The maximum atomic E-state index is 13.1. The monoisotopic (exact) mass is 466 g/mol. The SMILES string of the molecule is CCOC(=O)C1=C(C)NC(=O)NC1c1cn(C(=O)CNc2ccc(Cl)cc2)c2ccccc12. The van der Waals surface area contributed by atoms with Crippen molar-refractivity contribution in [2.24, 2.45) is 0 Å². The summed E-state index contributed by atoms with van der Waals surface area (Å²) in [5.74, 6) is -0.730. The van der Waals surface area contributed by atoms with Crippen LogP contribution in [-0.2, 0) is 9.53 Å². The van der Waals surface area contributed by atoms with Crippen LogP contribution >= 0.6 is 11.6 Å². The molecular formula is C24H23ClN4O4. The first-order chi connectivity index (χ1) is 15.9. The van der Waals surface area contributed by atoms with Gasteiger partial charge in [-0.05, 0) is 44.2 Å². The number of carbonyl (C=O) groups excluding carboxylic acids is 3. The van der Waals surface area contributed by atoms with Gasteiger partial charge in [-0.2, -0.15) is 0 Å². The van der Waals surface area contributed by atoms with Gasteiger partial charge in [-0.25, -0.2) is 9.59 Å². The smallest absolute Gasteiger partial charge is 0.338 e. The third-order valence-corrected chi connectivity index (χ3v) is 5.63. The van der Waals surface area contributed by atoms with Crippen molar-refractivity contribution in [3.8, 4) is 0 Å². The molecule has 3 aromatic rings. The minimum absolute atomic E-state index is 0.0396. The number of hydrogen-bond donors (Lipinski definition) is 3. The molecule has 1 aliphatic heterocycles. The van der Waals surface area contributed by atoms with E-state index >= 15 is 0 Å². The van der Waals surface area contributed by atoms with Crippen molar-refractivity contribution < 1.29 is 19.1 Å². The molecule has 4 rings (SSSR count). The summed E-state index contributed by atoms with van der Waals surface area (Å²) < 4.78 is 6.75. The van der Waals surface area contributed by atoms with Gasteiger partial charge in [0.2, 0.25) is 5.91 Å². The first kappa shape index (κ1) is 22.4. The topological polar surface area (TPSA) is 101 Å². The van der Waals surface area contributed by atoms with Crippen LogP contribution in [0.15, 0.2) is 66.0 Å². The van der Waals surface area contributed by atoms with Crippen LogP contribution in [0.2, 0.25) is 5.02 Å². The number of benzene rings is 2. The van der Waals surface area contributed by atoms with Gasteiger partial charge >= 0.3 is 12.0 Å². The molecule has 2 aromatic carbocycles. The highest BCUT2D eigenvalue weighted by Crippen LogP contribution is 2.34. The lowest BCUT2D eigenvalue weighted by Gasteiger charge is -2.27. The highest BCUT2D eigenvalue weighted by Gasteiger charge is 2.34. The summed E-state index contributed by atoms with van der Waals surface area (Å²) in [5, 5.41) is 9.87. The summed E-state index contributed by atoms with van der Waals surface area (Å²) in [6.07, 6.45) is 1.67. The first-order valence-corrected chi connectivity index (χ1v) is 10.8. The number of fused-ring (bicyclic) bond motifs is 1. The maximum absolute atomic E-state index is 13.1. The van der Waals surface area contributed by atoms with E-state index in [9.17, 15) is 14.4 Å². The van der Waals surface area contributed by atoms with Crippen LogP contribution in [0.25, 0.3) is 10.9 Å². The molecule has 0 fully saturated rings. The van der Waals surface area contributed by atoms with E-state index < -0.39 is 18.0 Å². The molecule has 0 spiro atoms. The molecule has 2 amide bonds. The Morgan fingerprint density at radius 3 is 2.61 bits per heavy atom. The number of aromatic nitrogens is 1. The largest absolute Gasteiger partial charge is 0.463 e. The molecule has 1 aromatic heterocycles. The van der Waals surface area contributed by atoms with Gasteiger partial charge < -0.3 is 20.7 Å². The van der Waals surface area contributed by atoms with Crippen LogP contribution in [0.1, 0.15) is 30.2 Å². The van der Waals surface area contributed by atoms with Crippen molar-refractivity contribution in [2.75, 3.05) is 18.5 Å². The summed E-state index contributed by atoms with van der Waals surface area (Å²) in [7, 11) is 0. The second-order valence-corrected chi connectivity index (χ2v) is 7.95. The van der Waals surface area contributed by atoms with Gasteiger partial charge in [0.1, 0.15) is 0 Å². The molecule has 9 heteroatoms. The van der Waals surface area contributed by atoms with E-state index in [0.29, 0.717) is 27.4 Å². The Kier molecular flexibility index (Phi) is 6.37. The van der Waals surface area contributed by atoms with E-state index in [0.717, 1.165) is 11.1 Å². The summed E-state index contributed by atoms with van der Waals surface area (Å²) >= 11 is 5.92. The zero-order chi connectivity index (χ0) is 23.5. The molecule has 0 saturated carbocycles. The van der Waals surface area contributed by atoms with E-state index in [1.807, 2.05) is 24.3 Å². The quantitative estimate of drug-likeness (QED) is 0.472. The van der Waals surface area contributed by atoms with Gasteiger partial charge in [-0.3, -0.25) is 9.36 Å². The number of nitrogens with zero attached hydrogens (tertiary/aromatic N) is 1. The third kappa shape index (κ3) is 4.56. The van der Waals surface area contributed by atoms with Gasteiger partial charge in [-0.15, -0.1) is 0 Å². The normalized spacial score (nSPS) is 15.7. The Bertz CT molecular complexity index is 1260. The van der Waals surface area contributed by atoms with Crippen LogP contribution in [0.4, 0.5) is 10.5 Å². The number of ether oxygens (including phenoxy) is 1. The molecule has 170 valence electrons. The van der Waals surface area contributed by atoms with Crippen LogP contribution in [-0.4, -0.2) is 35.6 Å². The molecule has 2 heterocycles. The number of hydrogen-bond acceptors (Lipinski definition) is 5. The Hall–Kier alpha value is -3.78. The van der Waals surface area contributed by atoms with Crippen LogP contribution in [0.3, 0.4) is 0 Å². The van der Waals surface area contributed by atoms with Gasteiger partial charge in [0.15, 0.2) is 0 Å². The minimum atomic E-state index is -0.763. The number of anilines is 1. The highest BCUT2D eigenvalue weighted by molar-refractivity contribution is 6.30. The fourth-order valence-electron chi connectivity index (χ4n) is 3.88. The first-order valence-electron chi connectivity index (χ1n) is 10.5. The van der Waals surface area contributed by atoms with Crippen molar-refractivity contribution in [1.29, 1.82) is 0 Å². The van der Waals surface area contributed by atoms with Gasteiger partial charge in [0.25, 0.3) is 0 Å². The van der Waals surface area contributed by atoms with Crippen LogP contribution in [0, 0.1) is 0 Å². The molecule has 3 N–H and O–H groups in total. The van der Waals surface area contributed by atoms with E-state index in [1.54, 1.807) is 44.3 Å². The van der Waals surface area contributed by atoms with Gasteiger partial charge in [-0.1, -0.05) is 29.8 Å². The number of carbonyl (C=O) groups is 3. The van der Waals surface area contributed by atoms with E-state index in [1.165, 1.54) is 4.57 Å². The molecule has 0 aliphatic carbocycles. The summed E-state index contributed by atoms with van der Waals surface area (Å²) in [5.41, 5.74) is 2.77. The highest BCUT2D eigenvalue weighted by atomic mass is 35.5. The number of halogens is 1. The second-order valence-electron chi connectivity index (χ2n) is 7.52. The Morgan fingerprint density at radius 1 is 1.15 bits per heavy atom. The number of esters is 1. The zero-order valence-corrected chi connectivity index (χ0v) is 18.9. The fraction of sp³-hybridized carbons (Fsp3) is 0.208.